The second-order valence-corrected chi connectivity index (χ2v) is 8.86. The van der Waals surface area contributed by atoms with E-state index in [-0.39, 0.29) is 0 Å². The van der Waals surface area contributed by atoms with Crippen LogP contribution in [0.25, 0.3) is 0 Å². The minimum absolute atomic E-state index is 0.512. The molecule has 0 amide bonds. The molecule has 6 heteroatoms. The highest BCUT2D eigenvalue weighted by molar-refractivity contribution is 5.89. The van der Waals surface area contributed by atoms with Gasteiger partial charge in [0.05, 0.1) is 12.2 Å². The maximum atomic E-state index is 5.74. The van der Waals surface area contributed by atoms with Crippen molar-refractivity contribution in [1.29, 1.82) is 0 Å². The summed E-state index contributed by atoms with van der Waals surface area (Å²) in [5.41, 5.74) is 2.59. The number of rotatable bonds is 7. The van der Waals surface area contributed by atoms with Gasteiger partial charge in [-0.15, -0.1) is 0 Å². The molecule has 0 aromatic heterocycles. The summed E-state index contributed by atoms with van der Waals surface area (Å²) in [7, 11) is 0. The van der Waals surface area contributed by atoms with Gasteiger partial charge in [-0.2, -0.15) is 10.2 Å². The van der Waals surface area contributed by atoms with E-state index in [9.17, 15) is 0 Å². The predicted octanol–water partition coefficient (Wildman–Crippen LogP) is 3.11. The van der Waals surface area contributed by atoms with Gasteiger partial charge in [0.25, 0.3) is 0 Å². The van der Waals surface area contributed by atoms with Crippen molar-refractivity contribution in [3.8, 4) is 0 Å². The molecule has 4 fully saturated rings. The molecule has 158 valence electrons. The molecule has 2 unspecified atom stereocenters. The molecule has 0 saturated carbocycles. The Balaban J connectivity index is 1.11. The van der Waals surface area contributed by atoms with Crippen LogP contribution in [0.2, 0.25) is 0 Å². The third-order valence-corrected chi connectivity index (χ3v) is 6.78. The monoisotopic (exact) mass is 390 g/mol. The second kappa shape index (κ2) is 10.8. The van der Waals surface area contributed by atoms with E-state index in [1.54, 1.807) is 0 Å². The molecule has 28 heavy (non-hydrogen) atoms. The average molecular weight is 391 g/mol. The maximum Gasteiger partial charge on any atom is 0.0588 e. The van der Waals surface area contributed by atoms with Crippen LogP contribution < -0.4 is 0 Å². The van der Waals surface area contributed by atoms with Gasteiger partial charge in [0.1, 0.15) is 0 Å². The molecule has 4 saturated heterocycles. The van der Waals surface area contributed by atoms with Crippen molar-refractivity contribution in [2.24, 2.45) is 10.2 Å². The fourth-order valence-corrected chi connectivity index (χ4v) is 4.81. The van der Waals surface area contributed by atoms with Gasteiger partial charge in [-0.1, -0.05) is 0 Å². The van der Waals surface area contributed by atoms with Crippen LogP contribution in [0.4, 0.5) is 0 Å². The summed E-state index contributed by atoms with van der Waals surface area (Å²) in [5, 5.41) is 9.26. The van der Waals surface area contributed by atoms with Crippen LogP contribution in [0.5, 0.6) is 0 Å². The van der Waals surface area contributed by atoms with Crippen molar-refractivity contribution in [1.82, 2.24) is 9.80 Å². The van der Waals surface area contributed by atoms with Crippen LogP contribution in [0.3, 0.4) is 0 Å². The molecule has 0 bridgehead atoms. The highest BCUT2D eigenvalue weighted by Gasteiger charge is 2.21. The number of ether oxygens (including phenoxy) is 2. The third kappa shape index (κ3) is 6.34. The molecule has 0 aromatic carbocycles. The smallest absolute Gasteiger partial charge is 0.0588 e. The Morgan fingerprint density at radius 1 is 0.679 bits per heavy atom. The number of likely N-dealkylation sites (tertiary alicyclic amines) is 2. The zero-order chi connectivity index (χ0) is 19.0. The van der Waals surface area contributed by atoms with Gasteiger partial charge in [-0.25, -0.2) is 0 Å². The average Bonchev–Trinajstić information content (AvgIpc) is 3.45. The molecule has 0 aliphatic carbocycles. The van der Waals surface area contributed by atoms with Crippen molar-refractivity contribution in [3.05, 3.63) is 0 Å². The largest absolute Gasteiger partial charge is 0.378 e. The molecule has 0 aromatic rings. The normalized spacial score (nSPS) is 30.1. The summed E-state index contributed by atoms with van der Waals surface area (Å²) in [6.45, 7) is 8.81. The van der Waals surface area contributed by atoms with Gasteiger partial charge in [-0.3, -0.25) is 0 Å². The van der Waals surface area contributed by atoms with Crippen molar-refractivity contribution >= 4 is 11.4 Å². The van der Waals surface area contributed by atoms with Gasteiger partial charge in [0.2, 0.25) is 0 Å². The summed E-state index contributed by atoms with van der Waals surface area (Å²) in [6.07, 6.45) is 12.7. The molecule has 2 atom stereocenters. The molecule has 0 spiro atoms. The van der Waals surface area contributed by atoms with Gasteiger partial charge in [0, 0.05) is 89.6 Å². The molecule has 0 N–H and O–H groups in total. The fraction of sp³-hybridized carbons (Fsp3) is 0.909. The first-order chi connectivity index (χ1) is 13.8. The van der Waals surface area contributed by atoms with Crippen molar-refractivity contribution in [2.75, 3.05) is 52.5 Å². The molecule has 4 rings (SSSR count). The number of hydrogen-bond acceptors (Lipinski definition) is 6. The van der Waals surface area contributed by atoms with Crippen LogP contribution in [0.1, 0.15) is 64.2 Å². The minimum Gasteiger partial charge on any atom is -0.378 e. The van der Waals surface area contributed by atoms with Crippen molar-refractivity contribution in [2.45, 2.75) is 76.4 Å². The zero-order valence-corrected chi connectivity index (χ0v) is 17.5. The van der Waals surface area contributed by atoms with Crippen LogP contribution in [0, 0.1) is 0 Å². The SMILES string of the molecule is C1COC(CCN2CCC(=NN=C3CCN(CCC4CCCO4)CC3)CC2)C1. The van der Waals surface area contributed by atoms with E-state index < -0.39 is 0 Å². The van der Waals surface area contributed by atoms with E-state index in [1.807, 2.05) is 0 Å². The molecular weight excluding hydrogens is 352 g/mol. The van der Waals surface area contributed by atoms with Crippen LogP contribution >= 0.6 is 0 Å². The Morgan fingerprint density at radius 2 is 1.11 bits per heavy atom. The molecule has 0 radical (unpaired) electrons. The van der Waals surface area contributed by atoms with E-state index in [0.29, 0.717) is 12.2 Å². The Bertz CT molecular complexity index is 471. The molecular formula is C22H38N4O2. The first-order valence-corrected chi connectivity index (χ1v) is 11.6. The quantitative estimate of drug-likeness (QED) is 0.627. The molecule has 4 aliphatic heterocycles. The fourth-order valence-electron chi connectivity index (χ4n) is 4.81. The lowest BCUT2D eigenvalue weighted by molar-refractivity contribution is 0.0916. The number of nitrogens with zero attached hydrogens (tertiary/aromatic N) is 4. The summed E-state index contributed by atoms with van der Waals surface area (Å²) >= 11 is 0. The third-order valence-electron chi connectivity index (χ3n) is 6.78. The lowest BCUT2D eigenvalue weighted by Gasteiger charge is -2.29. The second-order valence-electron chi connectivity index (χ2n) is 8.86. The Hall–Kier alpha value is -0.820. The lowest BCUT2D eigenvalue weighted by Crippen LogP contribution is -2.36. The minimum atomic E-state index is 0.512. The first-order valence-electron chi connectivity index (χ1n) is 11.6. The van der Waals surface area contributed by atoms with E-state index in [0.717, 1.165) is 65.1 Å². The number of piperidine rings is 2. The summed E-state index contributed by atoms with van der Waals surface area (Å²) < 4.78 is 11.5. The van der Waals surface area contributed by atoms with E-state index in [4.69, 9.17) is 9.47 Å². The Morgan fingerprint density at radius 3 is 1.46 bits per heavy atom. The summed E-state index contributed by atoms with van der Waals surface area (Å²) in [4.78, 5) is 5.14. The maximum absolute atomic E-state index is 5.74. The highest BCUT2D eigenvalue weighted by atomic mass is 16.5. The van der Waals surface area contributed by atoms with Gasteiger partial charge in [-0.05, 0) is 38.5 Å². The van der Waals surface area contributed by atoms with Crippen molar-refractivity contribution in [3.63, 3.8) is 0 Å². The van der Waals surface area contributed by atoms with Gasteiger partial charge in [0.15, 0.2) is 0 Å². The molecule has 4 aliphatic rings. The van der Waals surface area contributed by atoms with Crippen LogP contribution in [-0.4, -0.2) is 85.9 Å². The van der Waals surface area contributed by atoms with Crippen LogP contribution in [-0.2, 0) is 9.47 Å². The summed E-state index contributed by atoms with van der Waals surface area (Å²) in [6, 6.07) is 0. The van der Waals surface area contributed by atoms with Gasteiger partial charge >= 0.3 is 0 Å². The zero-order valence-electron chi connectivity index (χ0n) is 17.5. The Kier molecular flexibility index (Phi) is 7.90. The van der Waals surface area contributed by atoms with E-state index in [2.05, 4.69) is 20.0 Å². The Labute approximate surface area is 170 Å². The number of hydrogen-bond donors (Lipinski definition) is 0. The topological polar surface area (TPSA) is 49.7 Å². The van der Waals surface area contributed by atoms with Gasteiger partial charge < -0.3 is 19.3 Å². The van der Waals surface area contributed by atoms with E-state index in [1.165, 1.54) is 63.0 Å². The molecule has 6 nitrogen and oxygen atoms in total. The standard InChI is InChI=1S/C22H38N4O2/c1-3-21(27-17-1)9-15-25-11-5-19(6-12-25)23-24-20-7-13-26(14-8-20)16-10-22-4-2-18-28-22/h21-22H,1-18H2. The molecule has 4 heterocycles. The predicted molar refractivity (Wildman–Crippen MR) is 113 cm³/mol. The summed E-state index contributed by atoms with van der Waals surface area (Å²) in [5.74, 6) is 0. The van der Waals surface area contributed by atoms with Crippen LogP contribution in [0.15, 0.2) is 10.2 Å². The van der Waals surface area contributed by atoms with E-state index >= 15 is 0 Å². The lowest BCUT2D eigenvalue weighted by atomic mass is 10.1. The first kappa shape index (κ1) is 20.5. The highest BCUT2D eigenvalue weighted by Crippen LogP contribution is 2.18. The van der Waals surface area contributed by atoms with Crippen molar-refractivity contribution < 1.29 is 9.47 Å².